The first-order valence-corrected chi connectivity index (χ1v) is 17.2. The van der Waals surface area contributed by atoms with Gasteiger partial charge in [0.05, 0.1) is 25.1 Å². The van der Waals surface area contributed by atoms with Gasteiger partial charge in [-0.05, 0) is 85.5 Å². The first-order valence-electron chi connectivity index (χ1n) is 15.7. The molecule has 14 heteroatoms. The molecule has 0 fully saturated rings. The molecule has 0 spiro atoms. The number of nitrogens with zero attached hydrogens (tertiary/aromatic N) is 3. The van der Waals surface area contributed by atoms with Crippen molar-refractivity contribution in [1.82, 2.24) is 15.0 Å². The summed E-state index contributed by atoms with van der Waals surface area (Å²) < 4.78 is 67.8. The monoisotopic (exact) mass is 710 g/mol. The number of nitrogens with two attached hydrogens (primary N) is 1. The number of amides is 1. The highest BCUT2D eigenvalue weighted by molar-refractivity contribution is 7.92. The summed E-state index contributed by atoms with van der Waals surface area (Å²) >= 11 is 0. The number of rotatable bonds is 12. The van der Waals surface area contributed by atoms with Gasteiger partial charge in [-0.15, -0.1) is 0 Å². The second-order valence-corrected chi connectivity index (χ2v) is 13.1. The van der Waals surface area contributed by atoms with E-state index in [0.29, 0.717) is 75.9 Å². The number of ether oxygens (including phenoxy) is 2. The van der Waals surface area contributed by atoms with E-state index in [0.717, 1.165) is 17.7 Å². The minimum atomic E-state index is -4.48. The van der Waals surface area contributed by atoms with Crippen LogP contribution in [0.1, 0.15) is 28.0 Å². The Hall–Kier alpha value is -6.15. The number of carbonyl (C=O) groups excluding carboxylic acids is 1. The van der Waals surface area contributed by atoms with E-state index in [9.17, 15) is 22.0 Å². The summed E-state index contributed by atoms with van der Waals surface area (Å²) in [7, 11) is -3.17. The van der Waals surface area contributed by atoms with Gasteiger partial charge >= 0.3 is 0 Å². The number of anilines is 3. The number of aromatic nitrogens is 3. The normalized spacial score (nSPS) is 11.3. The van der Waals surface area contributed by atoms with E-state index in [2.05, 4.69) is 25.0 Å². The number of halogens is 2. The molecule has 0 radical (unpaired) electrons. The molecular weight excluding hydrogens is 679 g/mol. The number of nitrogen functional groups attached to an aromatic ring is 1. The van der Waals surface area contributed by atoms with Gasteiger partial charge in [0.2, 0.25) is 5.88 Å². The van der Waals surface area contributed by atoms with Crippen molar-refractivity contribution in [2.24, 2.45) is 0 Å². The van der Waals surface area contributed by atoms with Gasteiger partial charge < -0.3 is 20.5 Å². The van der Waals surface area contributed by atoms with Crippen molar-refractivity contribution in [3.63, 3.8) is 0 Å². The number of aryl methyl sites for hydroxylation is 2. The van der Waals surface area contributed by atoms with Gasteiger partial charge in [0.25, 0.3) is 15.9 Å². The Kier molecular flexibility index (Phi) is 10.0. The zero-order chi connectivity index (χ0) is 36.1. The van der Waals surface area contributed by atoms with Crippen LogP contribution in [-0.2, 0) is 16.4 Å². The van der Waals surface area contributed by atoms with Crippen LogP contribution >= 0.6 is 0 Å². The van der Waals surface area contributed by atoms with Crippen molar-refractivity contribution in [3.8, 4) is 22.8 Å². The van der Waals surface area contributed by atoms with Crippen LogP contribution in [0.5, 0.6) is 11.6 Å². The first-order chi connectivity index (χ1) is 24.5. The average molecular weight is 711 g/mol. The molecule has 0 aliphatic heterocycles. The van der Waals surface area contributed by atoms with Crippen LogP contribution in [0.2, 0.25) is 0 Å². The van der Waals surface area contributed by atoms with Crippen LogP contribution < -0.4 is 25.2 Å². The lowest BCUT2D eigenvalue weighted by molar-refractivity contribution is 0.102. The van der Waals surface area contributed by atoms with Gasteiger partial charge in [-0.2, -0.15) is 0 Å². The van der Waals surface area contributed by atoms with Crippen molar-refractivity contribution >= 4 is 43.9 Å². The maximum atomic E-state index is 14.4. The Balaban J connectivity index is 1.19. The minimum Gasteiger partial charge on any atom is -0.491 e. The molecule has 1 amide bonds. The molecule has 0 atom stereocenters. The number of pyridine rings is 1. The van der Waals surface area contributed by atoms with Crippen LogP contribution in [0, 0.1) is 18.6 Å². The smallest absolute Gasteiger partial charge is 0.264 e. The Labute approximate surface area is 292 Å². The quantitative estimate of drug-likeness (QED) is 0.0904. The lowest BCUT2D eigenvalue weighted by atomic mass is 10.0. The SMILES string of the molecule is COc1ncc(-c2cc(OCCCc3ccc(C(=O)Nc4ccccc4N)cc3)c3ncnc(C)c3c2)cc1NS(=O)(=O)c1ccc(F)cc1F. The van der Waals surface area contributed by atoms with E-state index < -0.39 is 26.6 Å². The van der Waals surface area contributed by atoms with E-state index in [1.807, 2.05) is 25.1 Å². The fraction of sp³-hybridized carbons (Fsp3) is 0.135. The molecule has 4 N–H and O–H groups in total. The Bertz CT molecular complexity index is 2360. The molecule has 2 aromatic heterocycles. The topological polar surface area (TPSA) is 158 Å². The fourth-order valence-electron chi connectivity index (χ4n) is 5.36. The number of methoxy groups -OCH3 is 1. The summed E-state index contributed by atoms with van der Waals surface area (Å²) in [6, 6.07) is 21.6. The van der Waals surface area contributed by atoms with Crippen LogP contribution in [0.3, 0.4) is 0 Å². The number of hydrogen-bond acceptors (Lipinski definition) is 9. The van der Waals surface area contributed by atoms with Crippen LogP contribution in [-0.4, -0.2) is 43.0 Å². The number of carbonyl (C=O) groups is 1. The summed E-state index contributed by atoms with van der Waals surface area (Å²) in [6.45, 7) is 2.17. The van der Waals surface area contributed by atoms with Crippen molar-refractivity contribution in [1.29, 1.82) is 0 Å². The molecule has 2 heterocycles. The van der Waals surface area contributed by atoms with Gasteiger partial charge in [-0.1, -0.05) is 24.3 Å². The minimum absolute atomic E-state index is 0.0591. The van der Waals surface area contributed by atoms with Crippen molar-refractivity contribution in [2.75, 3.05) is 29.5 Å². The van der Waals surface area contributed by atoms with E-state index in [4.69, 9.17) is 15.2 Å². The highest BCUT2D eigenvalue weighted by Crippen LogP contribution is 2.36. The summed E-state index contributed by atoms with van der Waals surface area (Å²) in [5.41, 5.74) is 10.8. The Morgan fingerprint density at radius 1 is 0.902 bits per heavy atom. The molecular formula is C37H32F2N6O5S. The molecule has 6 rings (SSSR count). The van der Waals surface area contributed by atoms with Crippen LogP contribution in [0.4, 0.5) is 25.8 Å². The number of hydrogen-bond donors (Lipinski definition) is 3. The second kappa shape index (κ2) is 14.8. The van der Waals surface area contributed by atoms with Gasteiger partial charge in [-0.25, -0.2) is 32.2 Å². The molecule has 11 nitrogen and oxygen atoms in total. The van der Waals surface area contributed by atoms with Gasteiger partial charge in [0.1, 0.15) is 39.8 Å². The maximum absolute atomic E-state index is 14.4. The molecule has 6 aromatic rings. The number of fused-ring (bicyclic) bond motifs is 1. The van der Waals surface area contributed by atoms with Gasteiger partial charge in [-0.3, -0.25) is 9.52 Å². The zero-order valence-corrected chi connectivity index (χ0v) is 28.3. The predicted octanol–water partition coefficient (Wildman–Crippen LogP) is 6.93. The van der Waals surface area contributed by atoms with E-state index >= 15 is 0 Å². The molecule has 0 unspecified atom stereocenters. The lowest BCUT2D eigenvalue weighted by Gasteiger charge is -2.15. The average Bonchev–Trinajstić information content (AvgIpc) is 3.11. The highest BCUT2D eigenvalue weighted by Gasteiger charge is 2.23. The molecule has 260 valence electrons. The molecule has 0 aliphatic carbocycles. The maximum Gasteiger partial charge on any atom is 0.264 e. The Morgan fingerprint density at radius 2 is 1.69 bits per heavy atom. The third kappa shape index (κ3) is 7.86. The van der Waals surface area contributed by atoms with E-state index in [1.54, 1.807) is 42.5 Å². The van der Waals surface area contributed by atoms with Crippen LogP contribution in [0.25, 0.3) is 22.0 Å². The molecule has 0 aliphatic rings. The summed E-state index contributed by atoms with van der Waals surface area (Å²) in [4.78, 5) is 25.0. The molecule has 51 heavy (non-hydrogen) atoms. The largest absolute Gasteiger partial charge is 0.491 e. The van der Waals surface area contributed by atoms with E-state index in [-0.39, 0.29) is 17.5 Å². The molecule has 0 saturated heterocycles. The predicted molar refractivity (Wildman–Crippen MR) is 190 cm³/mol. The van der Waals surface area contributed by atoms with E-state index in [1.165, 1.54) is 25.7 Å². The second-order valence-electron chi connectivity index (χ2n) is 11.5. The number of benzene rings is 4. The van der Waals surface area contributed by atoms with Crippen molar-refractivity contribution < 1.29 is 31.5 Å². The van der Waals surface area contributed by atoms with Crippen LogP contribution in [0.15, 0.2) is 102 Å². The van der Waals surface area contributed by atoms with Gasteiger partial charge in [0.15, 0.2) is 0 Å². The molecule has 0 saturated carbocycles. The fourth-order valence-corrected chi connectivity index (χ4v) is 6.47. The number of para-hydroxylation sites is 2. The molecule has 4 aromatic carbocycles. The number of sulfonamides is 1. The summed E-state index contributed by atoms with van der Waals surface area (Å²) in [6.07, 6.45) is 4.28. The highest BCUT2D eigenvalue weighted by atomic mass is 32.2. The summed E-state index contributed by atoms with van der Waals surface area (Å²) in [5, 5.41) is 3.53. The standard InChI is InChI=1S/C37H32F2N6O5S/c1-22-28-16-25(26-17-32(37(49-2)41-20-26)45-51(47,48)34-14-13-27(38)19-29(34)39)18-33(35(28)43-21-42-22)50-15-5-6-23-9-11-24(12-10-23)36(46)44-31-8-4-3-7-30(31)40/h3-4,7-14,16-21,45H,5-6,15,40H2,1-2H3,(H,44,46). The lowest BCUT2D eigenvalue weighted by Crippen LogP contribution is -2.15. The zero-order valence-electron chi connectivity index (χ0n) is 27.5. The van der Waals surface area contributed by atoms with Gasteiger partial charge in [0, 0.05) is 34.5 Å². The third-order valence-corrected chi connectivity index (χ3v) is 9.40. The Morgan fingerprint density at radius 3 is 2.43 bits per heavy atom. The number of nitrogens with one attached hydrogen (secondary N) is 2. The van der Waals surface area contributed by atoms with Crippen molar-refractivity contribution in [3.05, 3.63) is 126 Å². The molecule has 0 bridgehead atoms. The first kappa shape index (κ1) is 34.7. The third-order valence-electron chi connectivity index (χ3n) is 8.00. The summed E-state index contributed by atoms with van der Waals surface area (Å²) in [5.74, 6) is -1.99. The van der Waals surface area contributed by atoms with Crippen molar-refractivity contribution in [2.45, 2.75) is 24.7 Å².